The summed E-state index contributed by atoms with van der Waals surface area (Å²) in [5.74, 6) is -0.356. The Labute approximate surface area is 433 Å². The number of morpholine rings is 1. The van der Waals surface area contributed by atoms with E-state index in [4.69, 9.17) is 51.6 Å². The van der Waals surface area contributed by atoms with E-state index in [2.05, 4.69) is 33.2 Å². The zero-order chi connectivity index (χ0) is 51.4. The van der Waals surface area contributed by atoms with Crippen molar-refractivity contribution in [2.45, 2.75) is 72.1 Å². The number of ether oxygens (including phenoxy) is 6. The summed E-state index contributed by atoms with van der Waals surface area (Å²) in [6, 6.07) is 23.9. The monoisotopic (exact) mass is 1030 g/mol. The van der Waals surface area contributed by atoms with E-state index in [-0.39, 0.29) is 46.1 Å². The highest BCUT2D eigenvalue weighted by Crippen LogP contribution is 2.38. The van der Waals surface area contributed by atoms with Crippen molar-refractivity contribution in [1.29, 1.82) is 5.26 Å². The number of hydrogen-bond donors (Lipinski definition) is 2. The molecule has 2 aliphatic heterocycles. The molecule has 0 spiro atoms. The minimum Gasteiger partial charge on any atom is -0.488 e. The van der Waals surface area contributed by atoms with Gasteiger partial charge in [0.1, 0.15) is 61.5 Å². The first-order valence-corrected chi connectivity index (χ1v) is 24.3. The van der Waals surface area contributed by atoms with Gasteiger partial charge in [0.25, 0.3) is 0 Å². The molecule has 4 aromatic carbocycles. The summed E-state index contributed by atoms with van der Waals surface area (Å²) >= 11 is 13.8. The number of pyridine rings is 2. The summed E-state index contributed by atoms with van der Waals surface area (Å²) in [7, 11) is 1.69. The number of rotatable bonds is 20. The molecule has 0 aliphatic carbocycles. The Hall–Kier alpha value is -7.10. The normalized spacial score (nSPS) is 16.2. The van der Waals surface area contributed by atoms with Gasteiger partial charge in [-0.15, -0.1) is 0 Å². The van der Waals surface area contributed by atoms with E-state index in [0.717, 1.165) is 44.5 Å². The van der Waals surface area contributed by atoms with Gasteiger partial charge in [-0.2, -0.15) is 5.26 Å². The lowest BCUT2D eigenvalue weighted by Gasteiger charge is -2.33. The van der Waals surface area contributed by atoms with E-state index < -0.39 is 24.2 Å². The average Bonchev–Trinajstić information content (AvgIpc) is 3.39. The summed E-state index contributed by atoms with van der Waals surface area (Å²) in [6.07, 6.45) is 7.81. The number of benzene rings is 4. The first-order chi connectivity index (χ1) is 35.4. The minimum absolute atomic E-state index is 0.0605. The molecular formula is C55H54Cl2N6O10. The molecule has 0 radical (unpaired) electrons. The fourth-order valence-corrected chi connectivity index (χ4v) is 9.27. The largest absolute Gasteiger partial charge is 0.488 e. The highest BCUT2D eigenvalue weighted by Gasteiger charge is 2.32. The molecule has 2 aromatic heterocycles. The Balaban J connectivity index is 1.01. The van der Waals surface area contributed by atoms with Gasteiger partial charge in [0.15, 0.2) is 0 Å². The molecule has 73 heavy (non-hydrogen) atoms. The molecule has 2 saturated heterocycles. The number of aromatic nitrogens is 2. The number of carboxylic acids is 2. The third-order valence-electron chi connectivity index (χ3n) is 12.7. The molecule has 2 atom stereocenters. The summed E-state index contributed by atoms with van der Waals surface area (Å²) in [4.78, 5) is 40.4. The van der Waals surface area contributed by atoms with Gasteiger partial charge in [-0.1, -0.05) is 59.6 Å². The third kappa shape index (κ3) is 13.1. The van der Waals surface area contributed by atoms with Crippen LogP contribution in [-0.4, -0.2) is 100 Å². The van der Waals surface area contributed by atoms with Crippen LogP contribution in [0.1, 0.15) is 62.1 Å². The molecule has 2 aliphatic rings. The van der Waals surface area contributed by atoms with E-state index in [0.29, 0.717) is 88.0 Å². The number of carboxylic acid groups (broad SMARTS) is 2. The van der Waals surface area contributed by atoms with Crippen molar-refractivity contribution in [2.75, 3.05) is 40.0 Å². The van der Waals surface area contributed by atoms with E-state index in [1.54, 1.807) is 67.1 Å². The predicted octanol–water partition coefficient (Wildman–Crippen LogP) is 9.22. The smallest absolute Gasteiger partial charge is 0.348 e. The Morgan fingerprint density at radius 3 is 1.88 bits per heavy atom. The first kappa shape index (κ1) is 52.2. The molecule has 378 valence electrons. The summed E-state index contributed by atoms with van der Waals surface area (Å²) in [5.41, 5.74) is 9.91. The van der Waals surface area contributed by atoms with Crippen LogP contribution in [0.4, 0.5) is 0 Å². The van der Waals surface area contributed by atoms with Crippen LogP contribution in [0.5, 0.6) is 23.0 Å². The van der Waals surface area contributed by atoms with Gasteiger partial charge >= 0.3 is 11.9 Å². The van der Waals surface area contributed by atoms with Gasteiger partial charge in [-0.05, 0) is 77.9 Å². The fourth-order valence-electron chi connectivity index (χ4n) is 8.79. The minimum atomic E-state index is -1.10. The summed E-state index contributed by atoms with van der Waals surface area (Å²) in [6.45, 7) is 6.91. The molecule has 6 aromatic rings. The van der Waals surface area contributed by atoms with Crippen LogP contribution in [0.25, 0.3) is 11.1 Å². The molecule has 0 saturated carbocycles. The van der Waals surface area contributed by atoms with Gasteiger partial charge in [0.2, 0.25) is 6.23 Å². The molecule has 0 amide bonds. The van der Waals surface area contributed by atoms with Crippen molar-refractivity contribution < 1.29 is 48.2 Å². The summed E-state index contributed by atoms with van der Waals surface area (Å²) in [5, 5.41) is 29.9. The van der Waals surface area contributed by atoms with E-state index in [1.165, 1.54) is 6.20 Å². The number of aliphatic carboxylic acids is 2. The third-order valence-corrected chi connectivity index (χ3v) is 13.3. The Kier molecular flexibility index (Phi) is 17.6. The lowest BCUT2D eigenvalue weighted by Crippen LogP contribution is -2.49. The highest BCUT2D eigenvalue weighted by molar-refractivity contribution is 6.32. The van der Waals surface area contributed by atoms with Crippen molar-refractivity contribution in [2.24, 2.45) is 4.99 Å². The average molecular weight is 1030 g/mol. The molecule has 16 nitrogen and oxygen atoms in total. The number of halogens is 2. The summed E-state index contributed by atoms with van der Waals surface area (Å²) < 4.78 is 36.7. The lowest BCUT2D eigenvalue weighted by atomic mass is 9.92. The van der Waals surface area contributed by atoms with Gasteiger partial charge < -0.3 is 38.6 Å². The quantitative estimate of drug-likeness (QED) is 0.0686. The zero-order valence-corrected chi connectivity index (χ0v) is 42.1. The number of aliphatic imine (C=N–C) groups is 1. The van der Waals surface area contributed by atoms with Crippen molar-refractivity contribution in [3.05, 3.63) is 163 Å². The maximum atomic E-state index is 12.1. The Bertz CT molecular complexity index is 3040. The second kappa shape index (κ2) is 24.5. The zero-order valence-electron chi connectivity index (χ0n) is 40.6. The van der Waals surface area contributed by atoms with Crippen LogP contribution < -0.4 is 18.9 Å². The SMILES string of the molecule is CN=Cc1cncc(COc2cc(OCc3cccc(-c4cccc(COc5cc(OCc6cncc(C#N)c6)c(CN6CCOC[C@@H]6C(=O)O)cc5Cl)c4C)c3C)c(Cl)cc2CN2CCCO[C@@H]2C(=O)O)c1. The van der Waals surface area contributed by atoms with E-state index in [9.17, 15) is 25.1 Å². The molecule has 0 unspecified atom stereocenters. The molecule has 8 rings (SSSR count). The van der Waals surface area contributed by atoms with Crippen LogP contribution in [0.3, 0.4) is 0 Å². The van der Waals surface area contributed by atoms with E-state index >= 15 is 0 Å². The second-order valence-corrected chi connectivity index (χ2v) is 18.4. The number of nitriles is 1. The maximum Gasteiger partial charge on any atom is 0.348 e. The molecule has 4 heterocycles. The fraction of sp³-hybridized carbons (Fsp3) is 0.309. The lowest BCUT2D eigenvalue weighted by molar-refractivity contribution is -0.173. The van der Waals surface area contributed by atoms with Crippen molar-refractivity contribution >= 4 is 41.4 Å². The molecular weight excluding hydrogens is 976 g/mol. The van der Waals surface area contributed by atoms with E-state index in [1.807, 2.05) is 49.1 Å². The molecule has 2 fully saturated rings. The van der Waals surface area contributed by atoms with Crippen molar-refractivity contribution in [1.82, 2.24) is 19.8 Å². The first-order valence-electron chi connectivity index (χ1n) is 23.6. The van der Waals surface area contributed by atoms with Crippen LogP contribution in [0.2, 0.25) is 10.0 Å². The Morgan fingerprint density at radius 1 is 0.726 bits per heavy atom. The Morgan fingerprint density at radius 2 is 1.30 bits per heavy atom. The number of carbonyl (C=O) groups is 2. The van der Waals surface area contributed by atoms with Gasteiger partial charge in [-0.3, -0.25) is 29.6 Å². The van der Waals surface area contributed by atoms with Gasteiger partial charge in [0.05, 0.1) is 35.4 Å². The standard InChI is InChI=1S/C55H54Cl2N6O10/c1-34-40(31-72-51-19-49(70-29-38-15-36(21-58)23-60-25-38)42(17-46(51)56)27-62-12-14-68-33-48(62)54(64)65)7-4-9-44(34)45-10-5-8-41(35(45)2)32-73-52-20-50(71-30-39-16-37(22-59-3)24-61-26-39)43(18-47(52)57)28-63-11-6-13-69-53(63)55(66)67/h4-5,7-10,15-20,22-26,48,53H,6,11-14,27-33H2,1-3H3,(H,64,65)(H,66,67)/t48-,53-/m1/s1. The van der Waals surface area contributed by atoms with Crippen molar-refractivity contribution in [3.8, 4) is 40.2 Å². The number of nitrogens with zero attached hydrogens (tertiary/aromatic N) is 6. The van der Waals surface area contributed by atoms with Gasteiger partial charge in [-0.25, -0.2) is 4.79 Å². The second-order valence-electron chi connectivity index (χ2n) is 17.6. The number of hydrogen-bond acceptors (Lipinski definition) is 14. The molecule has 18 heteroatoms. The molecule has 2 N–H and O–H groups in total. The predicted molar refractivity (Wildman–Crippen MR) is 273 cm³/mol. The highest BCUT2D eigenvalue weighted by atomic mass is 35.5. The molecule has 0 bridgehead atoms. The van der Waals surface area contributed by atoms with Crippen LogP contribution in [0.15, 0.2) is 103 Å². The topological polar surface area (TPSA) is 198 Å². The van der Waals surface area contributed by atoms with Crippen molar-refractivity contribution in [3.63, 3.8) is 0 Å². The van der Waals surface area contributed by atoms with Crippen LogP contribution >= 0.6 is 23.2 Å². The van der Waals surface area contributed by atoms with Crippen LogP contribution in [-0.2, 0) is 58.6 Å². The van der Waals surface area contributed by atoms with Gasteiger partial charge in [0, 0.05) is 104 Å². The maximum absolute atomic E-state index is 12.1. The van der Waals surface area contributed by atoms with Crippen LogP contribution in [0, 0.1) is 25.2 Å².